The smallest absolute Gasteiger partial charge is 0.394 e. The van der Waals surface area contributed by atoms with E-state index in [1.807, 2.05) is 0 Å². The topological polar surface area (TPSA) is 346 Å². The van der Waals surface area contributed by atoms with Crippen molar-refractivity contribution in [2.45, 2.75) is 324 Å². The highest BCUT2D eigenvalue weighted by atomic mass is 31.2. The number of amides is 1. The number of rotatable bonds is 46. The third kappa shape index (κ3) is 27.8. The fourth-order valence-corrected chi connectivity index (χ4v) is 11.0. The third-order valence-corrected chi connectivity index (χ3v) is 16.1. The molecule has 20 nitrogen and oxygen atoms in total. The van der Waals surface area contributed by atoms with Crippen LogP contribution in [0.4, 0.5) is 0 Å². The van der Waals surface area contributed by atoms with Crippen molar-refractivity contribution in [2.75, 3.05) is 13.2 Å². The highest BCUT2D eigenvalue weighted by Crippen LogP contribution is 2.48. The van der Waals surface area contributed by atoms with Gasteiger partial charge in [-0.25, -0.2) is 4.57 Å². The van der Waals surface area contributed by atoms with Crippen LogP contribution in [-0.4, -0.2) is 183 Å². The lowest BCUT2D eigenvalue weighted by atomic mass is 9.84. The lowest BCUT2D eigenvalue weighted by Crippen LogP contribution is -2.67. The molecule has 0 radical (unpaired) electrons. The maximum absolute atomic E-state index is 13.6. The average Bonchev–Trinajstić information content (AvgIpc) is 3.39. The summed E-state index contributed by atoms with van der Waals surface area (Å²) < 4.78 is 34.7. The van der Waals surface area contributed by atoms with E-state index in [4.69, 9.17) is 18.5 Å². The van der Waals surface area contributed by atoms with Crippen LogP contribution in [0.1, 0.15) is 226 Å². The number of nitrogens with one attached hydrogen (secondary N) is 1. The van der Waals surface area contributed by atoms with E-state index in [0.29, 0.717) is 12.8 Å². The number of ether oxygens (including phenoxy) is 2. The molecule has 2 fully saturated rings. The molecule has 0 bridgehead atoms. The van der Waals surface area contributed by atoms with Crippen LogP contribution in [0.3, 0.4) is 0 Å². The van der Waals surface area contributed by atoms with E-state index in [1.165, 1.54) is 128 Å². The summed E-state index contributed by atoms with van der Waals surface area (Å²) in [5, 5.41) is 130. The number of aliphatic hydroxyl groups excluding tert-OH is 12. The molecule has 0 aromatic carbocycles. The first kappa shape index (κ1) is 70.1. The van der Waals surface area contributed by atoms with Gasteiger partial charge < -0.3 is 81.0 Å². The lowest BCUT2D eigenvalue weighted by molar-refractivity contribution is -0.338. The first-order valence-corrected chi connectivity index (χ1v) is 30.8. The third-order valence-electron chi connectivity index (χ3n) is 15.1. The van der Waals surface area contributed by atoms with Crippen molar-refractivity contribution in [3.8, 4) is 0 Å². The Kier molecular flexibility index (Phi) is 38.4. The Hall–Kier alpha value is -0.980. The highest BCUT2D eigenvalue weighted by Gasteiger charge is 2.55. The lowest BCUT2D eigenvalue weighted by Gasteiger charge is -2.47. The second-order valence-corrected chi connectivity index (χ2v) is 23.0. The number of phosphoric ester groups is 1. The molecule has 0 spiro atoms. The van der Waals surface area contributed by atoms with Crippen molar-refractivity contribution < 1.29 is 94.1 Å². The largest absolute Gasteiger partial charge is 0.472 e. The Morgan fingerprint density at radius 2 is 0.867 bits per heavy atom. The summed E-state index contributed by atoms with van der Waals surface area (Å²) in [5.74, 6) is -1.17. The van der Waals surface area contributed by atoms with Gasteiger partial charge in [-0.05, 0) is 12.8 Å². The van der Waals surface area contributed by atoms with E-state index in [2.05, 4.69) is 19.2 Å². The number of carbonyl (C=O) groups is 1. The number of aliphatic hydroxyl groups is 12. The Bertz CT molecular complexity index is 1460. The van der Waals surface area contributed by atoms with E-state index >= 15 is 0 Å². The first-order valence-electron chi connectivity index (χ1n) is 29.3. The predicted molar refractivity (Wildman–Crippen MR) is 283 cm³/mol. The van der Waals surface area contributed by atoms with Crippen LogP contribution >= 0.6 is 7.82 Å². The summed E-state index contributed by atoms with van der Waals surface area (Å²) in [6.07, 6.45) is 6.00. The quantitative estimate of drug-likeness (QED) is 0.0282. The van der Waals surface area contributed by atoms with Gasteiger partial charge in [0.15, 0.2) is 12.4 Å². The molecule has 17 atom stereocenters. The molecule has 2 rings (SSSR count). The molecule has 17 unspecified atom stereocenters. The van der Waals surface area contributed by atoms with Crippen molar-refractivity contribution in [1.29, 1.82) is 0 Å². The summed E-state index contributed by atoms with van der Waals surface area (Å²) in [6.45, 7) is 2.48. The maximum Gasteiger partial charge on any atom is 0.472 e. The standard InChI is InChI=1S/C54H106NO19P/c1-3-5-7-9-11-13-15-17-18-19-20-21-22-23-25-27-29-31-33-35-40(58)43(60)53(68)55-38(42(59)39(57)34-32-30-28-26-24-16-14-12-10-8-6-4-2)37-71-75(69,70)74-52-49(66)47(64)46(63)48(65)51(52)73-54-50(67)45(62)44(61)41(36-56)72-54/h38-52,54,56-67H,3-37H2,1-2H3,(H,55,68)(H,69,70). The molecule has 1 amide bonds. The molecule has 0 aromatic rings. The summed E-state index contributed by atoms with van der Waals surface area (Å²) in [5.41, 5.74) is 0. The summed E-state index contributed by atoms with van der Waals surface area (Å²) >= 11 is 0. The number of hydrogen-bond donors (Lipinski definition) is 14. The molecule has 75 heavy (non-hydrogen) atoms. The minimum Gasteiger partial charge on any atom is -0.394 e. The van der Waals surface area contributed by atoms with Crippen LogP contribution in [0.5, 0.6) is 0 Å². The Labute approximate surface area is 448 Å². The molecule has 2 aliphatic rings. The molecular formula is C54H106NO19P. The van der Waals surface area contributed by atoms with Gasteiger partial charge in [0.25, 0.3) is 5.91 Å². The second-order valence-electron chi connectivity index (χ2n) is 21.6. The zero-order valence-electron chi connectivity index (χ0n) is 45.7. The number of phosphoric acid groups is 1. The van der Waals surface area contributed by atoms with Crippen LogP contribution in [0.2, 0.25) is 0 Å². The van der Waals surface area contributed by atoms with Crippen molar-refractivity contribution in [1.82, 2.24) is 5.32 Å². The zero-order valence-corrected chi connectivity index (χ0v) is 46.6. The molecule has 1 aliphatic carbocycles. The Balaban J connectivity index is 1.97. The maximum atomic E-state index is 13.6. The van der Waals surface area contributed by atoms with Crippen LogP contribution < -0.4 is 5.32 Å². The number of hydrogen-bond acceptors (Lipinski definition) is 18. The predicted octanol–water partition coefficient (Wildman–Crippen LogP) is 4.97. The minimum atomic E-state index is -5.55. The van der Waals surface area contributed by atoms with E-state index in [9.17, 15) is 75.5 Å². The first-order chi connectivity index (χ1) is 35.9. The van der Waals surface area contributed by atoms with Gasteiger partial charge in [-0.15, -0.1) is 0 Å². The molecular weight excluding hydrogens is 998 g/mol. The van der Waals surface area contributed by atoms with Gasteiger partial charge in [0.05, 0.1) is 31.5 Å². The van der Waals surface area contributed by atoms with Gasteiger partial charge in [0, 0.05) is 0 Å². The monoisotopic (exact) mass is 1100 g/mol. The van der Waals surface area contributed by atoms with Crippen LogP contribution in [-0.2, 0) is 27.9 Å². The molecule has 0 aromatic heterocycles. The van der Waals surface area contributed by atoms with Crippen LogP contribution in [0.25, 0.3) is 0 Å². The Morgan fingerprint density at radius 1 is 0.507 bits per heavy atom. The molecule has 1 heterocycles. The van der Waals surface area contributed by atoms with Crippen molar-refractivity contribution in [3.05, 3.63) is 0 Å². The average molecular weight is 1100 g/mol. The molecule has 1 saturated carbocycles. The van der Waals surface area contributed by atoms with Gasteiger partial charge in [-0.3, -0.25) is 13.8 Å². The van der Waals surface area contributed by atoms with Gasteiger partial charge in [0.2, 0.25) is 0 Å². The van der Waals surface area contributed by atoms with Crippen molar-refractivity contribution >= 4 is 13.7 Å². The molecule has 14 N–H and O–H groups in total. The highest BCUT2D eigenvalue weighted by molar-refractivity contribution is 7.47. The van der Waals surface area contributed by atoms with Crippen LogP contribution in [0, 0.1) is 0 Å². The zero-order chi connectivity index (χ0) is 55.6. The van der Waals surface area contributed by atoms with Gasteiger partial charge >= 0.3 is 7.82 Å². The summed E-state index contributed by atoms with van der Waals surface area (Å²) in [7, 11) is -5.55. The second kappa shape index (κ2) is 41.1. The molecule has 1 saturated heterocycles. The van der Waals surface area contributed by atoms with Gasteiger partial charge in [0.1, 0.15) is 67.1 Å². The molecule has 21 heteroatoms. The molecule has 446 valence electrons. The van der Waals surface area contributed by atoms with Gasteiger partial charge in [-0.2, -0.15) is 0 Å². The van der Waals surface area contributed by atoms with Crippen LogP contribution in [0.15, 0.2) is 0 Å². The van der Waals surface area contributed by atoms with E-state index in [0.717, 1.165) is 57.8 Å². The van der Waals surface area contributed by atoms with E-state index in [-0.39, 0.29) is 12.8 Å². The molecule has 1 aliphatic heterocycles. The van der Waals surface area contributed by atoms with Crippen molar-refractivity contribution in [3.63, 3.8) is 0 Å². The van der Waals surface area contributed by atoms with E-state index in [1.54, 1.807) is 0 Å². The fraction of sp³-hybridized carbons (Fsp3) is 0.981. The van der Waals surface area contributed by atoms with Crippen molar-refractivity contribution in [2.24, 2.45) is 0 Å². The SMILES string of the molecule is CCCCCCCCCCCCCCCCCCCCCC(O)C(O)C(=O)NC(COP(=O)(O)OC1C(O)C(O)C(O)C(O)C1OC1OC(CO)C(O)C(O)C1O)C(O)C(O)CCCCCCCCCCCCCC. The summed E-state index contributed by atoms with van der Waals surface area (Å²) in [6, 6.07) is -1.71. The number of unbranched alkanes of at least 4 members (excludes halogenated alkanes) is 29. The van der Waals surface area contributed by atoms with E-state index < -0.39 is 125 Å². The summed E-state index contributed by atoms with van der Waals surface area (Å²) in [4.78, 5) is 24.3. The fourth-order valence-electron chi connectivity index (χ4n) is 10.0. The minimum absolute atomic E-state index is 0.0617. The Morgan fingerprint density at radius 3 is 1.27 bits per heavy atom. The van der Waals surface area contributed by atoms with Gasteiger partial charge in [-0.1, -0.05) is 213 Å². The normalized spacial score (nSPS) is 28.1. The number of carbonyl (C=O) groups excluding carboxylic acids is 1.